The number of anilines is 1. The van der Waals surface area contributed by atoms with Gasteiger partial charge in [0.2, 0.25) is 0 Å². The highest BCUT2D eigenvalue weighted by molar-refractivity contribution is 7.84. The maximum atomic E-state index is 13.5. The molecular weight excluding hydrogens is 615 g/mol. The number of allylic oxidation sites excluding steroid dienone is 8. The molecule has 0 amide bonds. The summed E-state index contributed by atoms with van der Waals surface area (Å²) in [6, 6.07) is 27.1. The molecule has 3 aromatic carbocycles. The topological polar surface area (TPSA) is 36.4 Å². The minimum Gasteiger partial charge on any atom is -0.336 e. The van der Waals surface area contributed by atoms with Crippen molar-refractivity contribution in [2.24, 2.45) is 10.7 Å². The molecule has 0 fully saturated rings. The van der Waals surface area contributed by atoms with Crippen LogP contribution in [-0.2, 0) is 0 Å². The zero-order valence-corrected chi connectivity index (χ0v) is 24.9. The summed E-state index contributed by atoms with van der Waals surface area (Å²) in [4.78, 5) is 0. The number of thiocarbonyl (C=S) groups is 1. The predicted octanol–water partition coefficient (Wildman–Crippen LogP) is 9.65. The van der Waals surface area contributed by atoms with Crippen LogP contribution in [0.1, 0.15) is 19.3 Å². The highest BCUT2D eigenvalue weighted by atomic mass is 32.1. The number of halogens is 6. The van der Waals surface area contributed by atoms with Gasteiger partial charge in [-0.15, -0.1) is 0 Å². The van der Waals surface area contributed by atoms with E-state index in [2.05, 4.69) is 47.1 Å². The molecule has 1 atom stereocenters. The van der Waals surface area contributed by atoms with Gasteiger partial charge in [0.25, 0.3) is 0 Å². The quantitative estimate of drug-likeness (QED) is 0.160. The van der Waals surface area contributed by atoms with Crippen LogP contribution < -0.4 is 21.2 Å². The van der Waals surface area contributed by atoms with Gasteiger partial charge < -0.3 is 10.6 Å². The number of hydrogen-bond acceptors (Lipinski definition) is 2. The van der Waals surface area contributed by atoms with E-state index in [1.54, 1.807) is 12.1 Å². The van der Waals surface area contributed by atoms with Crippen molar-refractivity contribution >= 4 is 46.4 Å². The van der Waals surface area contributed by atoms with Crippen molar-refractivity contribution in [1.29, 1.82) is 0 Å². The fourth-order valence-corrected chi connectivity index (χ4v) is 9.24. The molecule has 0 heterocycles. The van der Waals surface area contributed by atoms with E-state index in [-0.39, 0.29) is 16.9 Å². The maximum Gasteiger partial charge on any atom is 0.416 e. The largest absolute Gasteiger partial charge is 0.416 e. The minimum absolute atomic E-state index is 0.147. The molecule has 5 rings (SSSR count). The van der Waals surface area contributed by atoms with Gasteiger partial charge >= 0.3 is 12.4 Å². The van der Waals surface area contributed by atoms with Crippen LogP contribution in [0.3, 0.4) is 0 Å². The number of rotatable bonds is 6. The predicted molar refractivity (Wildman–Crippen MR) is 170 cm³/mol. The summed E-state index contributed by atoms with van der Waals surface area (Å²) in [6.07, 6.45) is -1.69. The molecule has 0 saturated heterocycles. The van der Waals surface area contributed by atoms with Crippen LogP contribution in [0.15, 0.2) is 137 Å². The second-order valence-electron chi connectivity index (χ2n) is 10.3. The first-order valence-electron chi connectivity index (χ1n) is 13.8. The lowest BCUT2D eigenvalue weighted by Crippen LogP contribution is -2.34. The lowest BCUT2D eigenvalue weighted by atomic mass is 9.93. The van der Waals surface area contributed by atoms with Crippen molar-refractivity contribution in [3.8, 4) is 0 Å². The Morgan fingerprint density at radius 3 is 2.00 bits per heavy atom. The number of alkyl halides is 6. The Balaban J connectivity index is 1.56. The van der Waals surface area contributed by atoms with Gasteiger partial charge in [-0.05, 0) is 48.6 Å². The number of nitrogens with one attached hydrogen (secondary N) is 2. The van der Waals surface area contributed by atoms with Crippen molar-refractivity contribution < 1.29 is 26.3 Å². The molecule has 2 N–H and O–H groups in total. The first-order chi connectivity index (χ1) is 21.0. The monoisotopic (exact) mass is 643 g/mol. The highest BCUT2D eigenvalue weighted by Gasteiger charge is 2.44. The van der Waals surface area contributed by atoms with E-state index in [0.717, 1.165) is 23.5 Å². The normalized spacial score (nSPS) is 17.2. The first kappa shape index (κ1) is 31.5. The van der Waals surface area contributed by atoms with Gasteiger partial charge in [0, 0.05) is 22.7 Å². The SMILES string of the molecule is FC(F)(F)C1=CC(C(F)(F)F)CC(NC(=S)Nc2ccccc2N=P(C2=CC=CCC2)(c2ccccc2)c2ccccc2)=C1. The van der Waals surface area contributed by atoms with E-state index in [0.29, 0.717) is 17.5 Å². The van der Waals surface area contributed by atoms with Gasteiger partial charge in [0.1, 0.15) is 0 Å². The van der Waals surface area contributed by atoms with Gasteiger partial charge in [0.15, 0.2) is 5.11 Å². The van der Waals surface area contributed by atoms with Crippen LogP contribution in [-0.4, -0.2) is 17.5 Å². The molecule has 1 unspecified atom stereocenters. The van der Waals surface area contributed by atoms with Crippen molar-refractivity contribution in [2.45, 2.75) is 31.6 Å². The van der Waals surface area contributed by atoms with Crippen molar-refractivity contribution in [3.05, 3.63) is 132 Å². The first-order valence-corrected chi connectivity index (χ1v) is 15.9. The molecule has 0 spiro atoms. The van der Waals surface area contributed by atoms with E-state index in [1.165, 1.54) is 5.31 Å². The molecule has 0 saturated carbocycles. The summed E-state index contributed by atoms with van der Waals surface area (Å²) in [5, 5.41) is 8.67. The van der Waals surface area contributed by atoms with Crippen LogP contribution in [0.5, 0.6) is 0 Å². The van der Waals surface area contributed by atoms with Gasteiger partial charge in [-0.25, -0.2) is 0 Å². The number of para-hydroxylation sites is 1. The number of nitrogens with zero attached hydrogens (tertiary/aromatic N) is 1. The third-order valence-corrected chi connectivity index (χ3v) is 11.3. The molecule has 11 heteroatoms. The Labute approximate surface area is 257 Å². The summed E-state index contributed by atoms with van der Waals surface area (Å²) >= 11 is 5.40. The summed E-state index contributed by atoms with van der Waals surface area (Å²) < 4.78 is 86.2. The molecule has 0 aromatic heterocycles. The second-order valence-corrected chi connectivity index (χ2v) is 13.8. The Morgan fingerprint density at radius 1 is 0.818 bits per heavy atom. The molecule has 228 valence electrons. The van der Waals surface area contributed by atoms with Crippen molar-refractivity contribution in [2.75, 3.05) is 5.32 Å². The van der Waals surface area contributed by atoms with Crippen LogP contribution in [0.4, 0.5) is 37.7 Å². The smallest absolute Gasteiger partial charge is 0.336 e. The maximum absolute atomic E-state index is 13.5. The van der Waals surface area contributed by atoms with Crippen LogP contribution in [0.25, 0.3) is 0 Å². The average molecular weight is 644 g/mol. The molecule has 2 aliphatic rings. The molecule has 2 aliphatic carbocycles. The third-order valence-electron chi connectivity index (χ3n) is 7.25. The molecule has 0 radical (unpaired) electrons. The van der Waals surface area contributed by atoms with E-state index < -0.39 is 37.3 Å². The third kappa shape index (κ3) is 7.08. The summed E-state index contributed by atoms with van der Waals surface area (Å²) in [7, 11) is -2.59. The minimum atomic E-state index is -4.94. The van der Waals surface area contributed by atoms with Gasteiger partial charge in [-0.2, -0.15) is 26.3 Å². The fraction of sp³-hybridized carbons (Fsp3) is 0.182. The van der Waals surface area contributed by atoms with E-state index in [9.17, 15) is 26.3 Å². The standard InChI is InChI=1S/C33H28F6N3PS/c34-32(35,36)23-20-24(33(37,38)39)22-25(21-23)40-31(44)41-29-18-10-11-19-30(29)42-43(26-12-4-1-5-13-26,27-14-6-2-7-15-27)28-16-8-3-9-17-28/h1-8,10-16,18-21,24H,9,17,22H2,(H2,40,41,44). The fourth-order valence-electron chi connectivity index (χ4n) is 5.22. The Kier molecular flexibility index (Phi) is 9.32. The Morgan fingerprint density at radius 2 is 1.43 bits per heavy atom. The van der Waals surface area contributed by atoms with Crippen LogP contribution >= 0.6 is 19.3 Å². The zero-order chi connectivity index (χ0) is 31.4. The van der Waals surface area contributed by atoms with E-state index in [1.807, 2.05) is 54.6 Å². The van der Waals surface area contributed by atoms with Gasteiger partial charge in [-0.3, -0.25) is 4.74 Å². The molecular formula is C33H28F6N3PS. The van der Waals surface area contributed by atoms with E-state index >= 15 is 0 Å². The number of benzene rings is 3. The second kappa shape index (κ2) is 13.0. The lowest BCUT2D eigenvalue weighted by Gasteiger charge is -2.30. The summed E-state index contributed by atoms with van der Waals surface area (Å²) in [5.41, 5.74) is -0.649. The Hall–Kier alpha value is -3.88. The van der Waals surface area contributed by atoms with Crippen LogP contribution in [0.2, 0.25) is 0 Å². The van der Waals surface area contributed by atoms with Crippen LogP contribution in [0, 0.1) is 5.92 Å². The summed E-state index contributed by atoms with van der Waals surface area (Å²) in [6.45, 7) is 0. The van der Waals surface area contributed by atoms with Crippen molar-refractivity contribution in [1.82, 2.24) is 5.32 Å². The lowest BCUT2D eigenvalue weighted by molar-refractivity contribution is -0.162. The van der Waals surface area contributed by atoms with E-state index in [4.69, 9.17) is 17.0 Å². The number of hydrogen-bond donors (Lipinski definition) is 2. The summed E-state index contributed by atoms with van der Waals surface area (Å²) in [5.74, 6) is -2.29. The van der Waals surface area contributed by atoms with Gasteiger partial charge in [0.05, 0.1) is 29.9 Å². The molecule has 44 heavy (non-hydrogen) atoms. The molecule has 0 aliphatic heterocycles. The average Bonchev–Trinajstić information content (AvgIpc) is 3.01. The van der Waals surface area contributed by atoms with Gasteiger partial charge in [-0.1, -0.05) is 97.1 Å². The molecule has 3 aromatic rings. The Bertz CT molecular complexity index is 1650. The highest BCUT2D eigenvalue weighted by Crippen LogP contribution is 2.60. The van der Waals surface area contributed by atoms with Crippen molar-refractivity contribution in [3.63, 3.8) is 0 Å². The molecule has 0 bridgehead atoms. The zero-order valence-electron chi connectivity index (χ0n) is 23.2. The molecule has 3 nitrogen and oxygen atoms in total.